The Labute approximate surface area is 105 Å². The normalized spacial score (nSPS) is 14.6. The van der Waals surface area contributed by atoms with Crippen LogP contribution in [-0.2, 0) is 11.3 Å². The zero-order chi connectivity index (χ0) is 13.0. The topological polar surface area (TPSA) is 41.1 Å². The van der Waals surface area contributed by atoms with Crippen molar-refractivity contribution < 1.29 is 13.6 Å². The van der Waals surface area contributed by atoms with Crippen molar-refractivity contribution in [3.8, 4) is 0 Å². The van der Waals surface area contributed by atoms with Crippen LogP contribution in [0.5, 0.6) is 0 Å². The third-order valence-corrected chi connectivity index (χ3v) is 2.89. The monoisotopic (exact) mass is 254 g/mol. The average Bonchev–Trinajstić information content (AvgIpc) is 3.15. The van der Waals surface area contributed by atoms with Crippen LogP contribution in [0, 0.1) is 17.6 Å². The van der Waals surface area contributed by atoms with E-state index >= 15 is 0 Å². The first-order chi connectivity index (χ1) is 8.65. The molecule has 0 spiro atoms. The Morgan fingerprint density at radius 2 is 2.06 bits per heavy atom. The largest absolute Gasteiger partial charge is 0.351 e. The molecule has 0 heterocycles. The molecule has 5 heteroatoms. The average molecular weight is 254 g/mol. The fourth-order valence-electron chi connectivity index (χ4n) is 1.62. The molecule has 0 bridgehead atoms. The van der Waals surface area contributed by atoms with Crippen LogP contribution in [-0.4, -0.2) is 19.0 Å². The number of hydrogen-bond donors (Lipinski definition) is 2. The summed E-state index contributed by atoms with van der Waals surface area (Å²) >= 11 is 0. The molecule has 3 nitrogen and oxygen atoms in total. The van der Waals surface area contributed by atoms with Crippen LogP contribution in [0.2, 0.25) is 0 Å². The van der Waals surface area contributed by atoms with Crippen molar-refractivity contribution in [3.05, 3.63) is 35.4 Å². The highest BCUT2D eigenvalue weighted by Crippen LogP contribution is 2.27. The van der Waals surface area contributed by atoms with E-state index in [1.54, 1.807) is 0 Å². The molecule has 0 unspecified atom stereocenters. The minimum absolute atomic E-state index is 0.139. The Morgan fingerprint density at radius 3 is 2.72 bits per heavy atom. The van der Waals surface area contributed by atoms with Crippen LogP contribution < -0.4 is 10.6 Å². The van der Waals surface area contributed by atoms with Gasteiger partial charge in [0, 0.05) is 6.54 Å². The lowest BCUT2D eigenvalue weighted by molar-refractivity contribution is -0.120. The maximum Gasteiger partial charge on any atom is 0.234 e. The summed E-state index contributed by atoms with van der Waals surface area (Å²) in [6, 6.07) is 3.60. The van der Waals surface area contributed by atoms with E-state index in [9.17, 15) is 13.6 Å². The number of hydrogen-bond acceptors (Lipinski definition) is 2. The van der Waals surface area contributed by atoms with E-state index < -0.39 is 11.6 Å². The molecule has 0 saturated heterocycles. The summed E-state index contributed by atoms with van der Waals surface area (Å²) in [6.07, 6.45) is 2.48. The number of carbonyl (C=O) groups is 1. The first-order valence-electron chi connectivity index (χ1n) is 6.06. The number of nitrogens with one attached hydrogen (secondary N) is 2. The molecule has 98 valence electrons. The Kier molecular flexibility index (Phi) is 4.25. The lowest BCUT2D eigenvalue weighted by Gasteiger charge is -2.06. The molecule has 1 aromatic rings. The predicted molar refractivity (Wildman–Crippen MR) is 63.8 cm³/mol. The van der Waals surface area contributed by atoms with Crippen LogP contribution in [0.25, 0.3) is 0 Å². The summed E-state index contributed by atoms with van der Waals surface area (Å²) < 4.78 is 25.6. The Morgan fingerprint density at radius 1 is 1.28 bits per heavy atom. The molecule has 1 aromatic carbocycles. The van der Waals surface area contributed by atoms with E-state index in [1.807, 2.05) is 0 Å². The van der Waals surface area contributed by atoms with Gasteiger partial charge in [-0.3, -0.25) is 4.79 Å². The highest BCUT2D eigenvalue weighted by atomic mass is 19.2. The summed E-state index contributed by atoms with van der Waals surface area (Å²) in [5.41, 5.74) is 0.546. The van der Waals surface area contributed by atoms with Gasteiger partial charge in [-0.05, 0) is 43.0 Å². The van der Waals surface area contributed by atoms with Gasteiger partial charge < -0.3 is 10.6 Å². The number of amides is 1. The third-order valence-electron chi connectivity index (χ3n) is 2.89. The van der Waals surface area contributed by atoms with E-state index in [1.165, 1.54) is 18.9 Å². The molecule has 0 aromatic heterocycles. The molecule has 0 atom stereocenters. The molecule has 2 rings (SSSR count). The number of halogens is 2. The van der Waals surface area contributed by atoms with Gasteiger partial charge in [0.2, 0.25) is 5.91 Å². The van der Waals surface area contributed by atoms with Crippen LogP contribution in [0.3, 0.4) is 0 Å². The molecule has 1 saturated carbocycles. The minimum Gasteiger partial charge on any atom is -0.351 e. The van der Waals surface area contributed by atoms with Gasteiger partial charge >= 0.3 is 0 Å². The first kappa shape index (κ1) is 13.0. The van der Waals surface area contributed by atoms with Gasteiger partial charge in [0.1, 0.15) is 0 Å². The summed E-state index contributed by atoms with van der Waals surface area (Å²) in [5.74, 6) is -1.19. The second kappa shape index (κ2) is 5.91. The Balaban J connectivity index is 1.68. The van der Waals surface area contributed by atoms with Crippen molar-refractivity contribution in [2.24, 2.45) is 5.92 Å². The molecule has 1 aliphatic rings. The smallest absolute Gasteiger partial charge is 0.234 e. The maximum atomic E-state index is 12.9. The molecule has 1 aliphatic carbocycles. The van der Waals surface area contributed by atoms with Gasteiger partial charge in [-0.15, -0.1) is 0 Å². The molecular weight excluding hydrogens is 238 g/mol. The van der Waals surface area contributed by atoms with Crippen molar-refractivity contribution in [2.75, 3.05) is 13.1 Å². The lowest BCUT2D eigenvalue weighted by atomic mass is 10.2. The predicted octanol–water partition coefficient (Wildman–Crippen LogP) is 1.58. The van der Waals surface area contributed by atoms with Gasteiger partial charge in [-0.2, -0.15) is 0 Å². The van der Waals surface area contributed by atoms with Gasteiger partial charge in [-0.25, -0.2) is 8.78 Å². The second-order valence-corrected chi connectivity index (χ2v) is 4.60. The van der Waals surface area contributed by atoms with Gasteiger partial charge in [0.15, 0.2) is 11.6 Å². The van der Waals surface area contributed by atoms with Crippen LogP contribution in [0.15, 0.2) is 18.2 Å². The third kappa shape index (κ3) is 4.07. The summed E-state index contributed by atoms with van der Waals surface area (Å²) in [5, 5.41) is 5.71. The summed E-state index contributed by atoms with van der Waals surface area (Å²) in [7, 11) is 0. The molecular formula is C13H16F2N2O. The van der Waals surface area contributed by atoms with E-state index in [0.29, 0.717) is 5.56 Å². The van der Waals surface area contributed by atoms with Crippen LogP contribution >= 0.6 is 0 Å². The van der Waals surface area contributed by atoms with E-state index in [-0.39, 0.29) is 19.0 Å². The molecule has 1 amide bonds. The molecule has 0 radical (unpaired) electrons. The zero-order valence-electron chi connectivity index (χ0n) is 10.0. The standard InChI is InChI=1S/C13H16F2N2O/c14-11-4-3-10(5-12(11)15)7-17-13(18)8-16-6-9-1-2-9/h3-5,9,16H,1-2,6-8H2,(H,17,18). The van der Waals surface area contributed by atoms with Gasteiger partial charge in [-0.1, -0.05) is 6.07 Å². The molecule has 18 heavy (non-hydrogen) atoms. The zero-order valence-corrected chi connectivity index (χ0v) is 10.0. The minimum atomic E-state index is -0.895. The van der Waals surface area contributed by atoms with E-state index in [2.05, 4.69) is 10.6 Å². The Hall–Kier alpha value is -1.49. The first-order valence-corrected chi connectivity index (χ1v) is 6.06. The quantitative estimate of drug-likeness (QED) is 0.809. The van der Waals surface area contributed by atoms with Crippen molar-refractivity contribution >= 4 is 5.91 Å². The highest BCUT2D eigenvalue weighted by molar-refractivity contribution is 5.77. The fraction of sp³-hybridized carbons (Fsp3) is 0.462. The fourth-order valence-corrected chi connectivity index (χ4v) is 1.62. The van der Waals surface area contributed by atoms with Crippen molar-refractivity contribution in [1.29, 1.82) is 0 Å². The lowest BCUT2D eigenvalue weighted by Crippen LogP contribution is -2.34. The van der Waals surface area contributed by atoms with Crippen LogP contribution in [0.1, 0.15) is 18.4 Å². The molecule has 0 aliphatic heterocycles. The summed E-state index contributed by atoms with van der Waals surface area (Å²) in [6.45, 7) is 1.35. The van der Waals surface area contributed by atoms with E-state index in [0.717, 1.165) is 24.6 Å². The molecule has 1 fully saturated rings. The van der Waals surface area contributed by atoms with Gasteiger partial charge in [0.05, 0.1) is 6.54 Å². The van der Waals surface area contributed by atoms with Crippen LogP contribution in [0.4, 0.5) is 8.78 Å². The van der Waals surface area contributed by atoms with E-state index in [4.69, 9.17) is 0 Å². The van der Waals surface area contributed by atoms with Crippen molar-refractivity contribution in [3.63, 3.8) is 0 Å². The number of benzene rings is 1. The highest BCUT2D eigenvalue weighted by Gasteiger charge is 2.20. The Bertz CT molecular complexity index is 433. The van der Waals surface area contributed by atoms with Gasteiger partial charge in [0.25, 0.3) is 0 Å². The second-order valence-electron chi connectivity index (χ2n) is 4.60. The van der Waals surface area contributed by atoms with Crippen molar-refractivity contribution in [1.82, 2.24) is 10.6 Å². The SMILES string of the molecule is O=C(CNCC1CC1)NCc1ccc(F)c(F)c1. The summed E-state index contributed by atoms with van der Waals surface area (Å²) in [4.78, 5) is 11.4. The number of rotatable bonds is 6. The van der Waals surface area contributed by atoms with Crippen molar-refractivity contribution in [2.45, 2.75) is 19.4 Å². The number of carbonyl (C=O) groups excluding carboxylic acids is 1. The maximum absolute atomic E-state index is 12.9. The molecule has 2 N–H and O–H groups in total.